The number of carbonyl (C=O) groups is 1. The number of fused-ring (bicyclic) bond motifs is 2. The molecule has 0 radical (unpaired) electrons. The lowest BCUT2D eigenvalue weighted by molar-refractivity contribution is -0.0651. The van der Waals surface area contributed by atoms with E-state index in [1.807, 2.05) is 20.8 Å². The van der Waals surface area contributed by atoms with E-state index < -0.39 is 40.7 Å². The Hall–Kier alpha value is -2.16. The molecule has 3 aliphatic rings. The van der Waals surface area contributed by atoms with Crippen LogP contribution in [0.1, 0.15) is 39.2 Å². The molecule has 1 saturated carbocycles. The lowest BCUT2D eigenvalue weighted by Crippen LogP contribution is -2.70. The summed E-state index contributed by atoms with van der Waals surface area (Å²) in [5.74, 6) is -0.615. The van der Waals surface area contributed by atoms with E-state index in [4.69, 9.17) is 4.74 Å². The van der Waals surface area contributed by atoms with E-state index in [-0.39, 0.29) is 24.4 Å². The van der Waals surface area contributed by atoms with Gasteiger partial charge in [0.2, 0.25) is 0 Å². The van der Waals surface area contributed by atoms with Crippen LogP contribution in [0, 0.1) is 17.6 Å². The minimum absolute atomic E-state index is 0.0210. The van der Waals surface area contributed by atoms with Crippen LogP contribution >= 0.6 is 0 Å². The number of hydrogen-bond acceptors (Lipinski definition) is 4. The van der Waals surface area contributed by atoms with Crippen LogP contribution in [-0.4, -0.2) is 45.5 Å². The highest BCUT2D eigenvalue weighted by Crippen LogP contribution is 2.45. The van der Waals surface area contributed by atoms with Crippen molar-refractivity contribution in [2.24, 2.45) is 5.92 Å². The van der Waals surface area contributed by atoms with Gasteiger partial charge in [-0.1, -0.05) is 30.3 Å². The van der Waals surface area contributed by atoms with Gasteiger partial charge in [-0.05, 0) is 69.2 Å². The van der Waals surface area contributed by atoms with Crippen molar-refractivity contribution in [1.82, 2.24) is 9.62 Å². The van der Waals surface area contributed by atoms with Gasteiger partial charge in [-0.25, -0.2) is 13.6 Å². The summed E-state index contributed by atoms with van der Waals surface area (Å²) in [6.07, 6.45) is 2.96. The van der Waals surface area contributed by atoms with Crippen LogP contribution in [0.4, 0.5) is 13.6 Å². The van der Waals surface area contributed by atoms with Crippen molar-refractivity contribution in [3.8, 4) is 11.1 Å². The number of halogens is 2. The van der Waals surface area contributed by atoms with Gasteiger partial charge >= 0.3 is 6.09 Å². The maximum absolute atomic E-state index is 15.6. The van der Waals surface area contributed by atoms with Crippen molar-refractivity contribution in [3.05, 3.63) is 59.7 Å². The number of piperidine rings is 2. The number of carbonyl (C=O) groups excluding carboxylic acids is 1. The largest absolute Gasteiger partial charge is 0.598 e. The fourth-order valence-electron chi connectivity index (χ4n) is 4.94. The van der Waals surface area contributed by atoms with Gasteiger partial charge in [0.1, 0.15) is 23.5 Å². The third kappa shape index (κ3) is 5.18. The molecule has 2 saturated heterocycles. The van der Waals surface area contributed by atoms with Crippen LogP contribution in [0.5, 0.6) is 0 Å². The van der Waals surface area contributed by atoms with Gasteiger partial charge < -0.3 is 14.2 Å². The van der Waals surface area contributed by atoms with Gasteiger partial charge in [0.25, 0.3) is 0 Å². The topological polar surface area (TPSA) is 64.6 Å². The summed E-state index contributed by atoms with van der Waals surface area (Å²) in [5.41, 5.74) is 0.515. The van der Waals surface area contributed by atoms with Crippen molar-refractivity contribution >= 4 is 17.5 Å². The standard InChI is InChI=1S/C25H30F2N2O3S/c1-25(2,3)32-24(30)29-19-12-17(13-19)23(28-33(4)31)21(29)14-16-8-6-10-20(22(16)27)15-7-5-9-18(26)11-15/h5-11,17,19,21,23,28H,12-14H2,1-4H3/t17?,19?,21-,23-,33?/m0/s1. The average molecular weight is 477 g/mol. The summed E-state index contributed by atoms with van der Waals surface area (Å²) in [5, 5.41) is 0. The Labute approximate surface area is 196 Å². The molecule has 1 aliphatic carbocycles. The molecule has 0 aromatic heterocycles. The van der Waals surface area contributed by atoms with Gasteiger partial charge in [-0.3, -0.25) is 0 Å². The quantitative estimate of drug-likeness (QED) is 0.629. The lowest BCUT2D eigenvalue weighted by atomic mass is 9.67. The van der Waals surface area contributed by atoms with Crippen LogP contribution in [0.2, 0.25) is 0 Å². The molecule has 178 valence electrons. The van der Waals surface area contributed by atoms with Gasteiger partial charge in [-0.2, -0.15) is 0 Å². The highest BCUT2D eigenvalue weighted by molar-refractivity contribution is 7.88. The van der Waals surface area contributed by atoms with Crippen LogP contribution in [0.25, 0.3) is 11.1 Å². The second-order valence-electron chi connectivity index (χ2n) is 9.93. The summed E-state index contributed by atoms with van der Waals surface area (Å²) < 4.78 is 50.2. The number of benzene rings is 2. The van der Waals surface area contributed by atoms with Crippen LogP contribution < -0.4 is 4.72 Å². The molecule has 3 fully saturated rings. The molecular formula is C25H30F2N2O3S. The number of hydrogen-bond donors (Lipinski definition) is 1. The van der Waals surface area contributed by atoms with E-state index in [9.17, 15) is 13.7 Å². The average Bonchev–Trinajstić information content (AvgIpc) is 2.67. The third-order valence-corrected chi connectivity index (χ3v) is 6.98. The summed E-state index contributed by atoms with van der Waals surface area (Å²) in [4.78, 5) is 14.9. The number of amides is 1. The van der Waals surface area contributed by atoms with Crippen molar-refractivity contribution in [1.29, 1.82) is 0 Å². The first kappa shape index (κ1) is 24.0. The minimum atomic E-state index is -1.29. The lowest BCUT2D eigenvalue weighted by Gasteiger charge is -2.57. The molecule has 2 bridgehead atoms. The van der Waals surface area contributed by atoms with E-state index in [2.05, 4.69) is 4.72 Å². The monoisotopic (exact) mass is 476 g/mol. The third-order valence-electron chi connectivity index (χ3n) is 6.37. The highest BCUT2D eigenvalue weighted by atomic mass is 32.2. The summed E-state index contributed by atoms with van der Waals surface area (Å²) in [7, 11) is 0. The first-order chi connectivity index (χ1) is 15.5. The van der Waals surface area contributed by atoms with E-state index in [0.29, 0.717) is 16.7 Å². The Bertz CT molecular complexity index is 1020. The zero-order valence-electron chi connectivity index (χ0n) is 19.3. The molecule has 1 amide bonds. The molecule has 3 atom stereocenters. The molecule has 2 aromatic rings. The fourth-order valence-corrected chi connectivity index (χ4v) is 5.67. The van der Waals surface area contributed by atoms with Crippen molar-refractivity contribution in [2.75, 3.05) is 6.26 Å². The minimum Gasteiger partial charge on any atom is -0.598 e. The molecule has 0 spiro atoms. The van der Waals surface area contributed by atoms with Gasteiger partial charge in [-0.15, -0.1) is 4.72 Å². The second-order valence-corrected chi connectivity index (χ2v) is 11.1. The van der Waals surface area contributed by atoms with Gasteiger partial charge in [0.15, 0.2) is 0 Å². The predicted octanol–water partition coefficient (Wildman–Crippen LogP) is 4.82. The molecule has 5 nitrogen and oxygen atoms in total. The molecule has 5 rings (SSSR count). The van der Waals surface area contributed by atoms with Gasteiger partial charge in [0.05, 0.1) is 12.1 Å². The first-order valence-corrected chi connectivity index (χ1v) is 12.7. The number of rotatable bonds is 5. The fraction of sp³-hybridized carbons (Fsp3) is 0.480. The molecular weight excluding hydrogens is 446 g/mol. The number of nitrogens with zero attached hydrogens (tertiary/aromatic N) is 1. The van der Waals surface area contributed by atoms with E-state index in [1.54, 1.807) is 41.5 Å². The summed E-state index contributed by atoms with van der Waals surface area (Å²) >= 11 is -1.29. The Morgan fingerprint density at radius 2 is 1.91 bits per heavy atom. The van der Waals surface area contributed by atoms with Crippen LogP contribution in [-0.2, 0) is 22.5 Å². The van der Waals surface area contributed by atoms with Crippen LogP contribution in [0.3, 0.4) is 0 Å². The molecule has 8 heteroatoms. The maximum atomic E-state index is 15.6. The smallest absolute Gasteiger partial charge is 0.410 e. The summed E-state index contributed by atoms with van der Waals surface area (Å²) in [6, 6.07) is 10.2. The normalized spacial score (nSPS) is 25.4. The van der Waals surface area contributed by atoms with Crippen molar-refractivity contribution < 1.29 is 22.9 Å². The molecule has 2 aromatic carbocycles. The molecule has 1 unspecified atom stereocenters. The second kappa shape index (κ2) is 9.24. The Balaban J connectivity index is 1.68. The first-order valence-electron chi connectivity index (χ1n) is 11.2. The van der Waals surface area contributed by atoms with Crippen LogP contribution in [0.15, 0.2) is 42.5 Å². The number of ether oxygens (including phenoxy) is 1. The zero-order valence-corrected chi connectivity index (χ0v) is 20.1. The SMILES string of the molecule is C[S+]([O-])N[C@H]1C2CC(C2)N(C(=O)OC(C)(C)C)[C@H]1Cc1cccc(-c2cccc(F)c2)c1F. The van der Waals surface area contributed by atoms with Crippen molar-refractivity contribution in [3.63, 3.8) is 0 Å². The molecule has 2 aliphatic heterocycles. The Morgan fingerprint density at radius 1 is 1.21 bits per heavy atom. The van der Waals surface area contributed by atoms with Gasteiger partial charge in [0, 0.05) is 23.0 Å². The number of nitrogens with one attached hydrogen (secondary N) is 1. The van der Waals surface area contributed by atoms with Crippen molar-refractivity contribution in [2.45, 2.75) is 63.8 Å². The molecule has 33 heavy (non-hydrogen) atoms. The van der Waals surface area contributed by atoms with E-state index in [1.165, 1.54) is 12.1 Å². The highest BCUT2D eigenvalue weighted by Gasteiger charge is 2.54. The Kier molecular flexibility index (Phi) is 6.71. The zero-order chi connectivity index (χ0) is 23.9. The molecule has 1 N–H and O–H groups in total. The summed E-state index contributed by atoms with van der Waals surface area (Å²) in [6.45, 7) is 5.44. The van der Waals surface area contributed by atoms with E-state index in [0.717, 1.165) is 12.8 Å². The van der Waals surface area contributed by atoms with E-state index >= 15 is 4.39 Å². The Morgan fingerprint density at radius 3 is 2.55 bits per heavy atom. The predicted molar refractivity (Wildman–Crippen MR) is 125 cm³/mol. The maximum Gasteiger partial charge on any atom is 0.410 e. The molecule has 2 heterocycles.